The normalized spacial score (nSPS) is 21.8. The quantitative estimate of drug-likeness (QED) is 0.584. The minimum absolute atomic E-state index is 0.133. The molecule has 1 heterocycles. The summed E-state index contributed by atoms with van der Waals surface area (Å²) in [6, 6.07) is 0.903. The molecule has 1 aliphatic heterocycles. The zero-order chi connectivity index (χ0) is 21.3. The van der Waals surface area contributed by atoms with E-state index in [4.69, 9.17) is 9.47 Å². The molecule has 1 fully saturated rings. The van der Waals surface area contributed by atoms with Gasteiger partial charge in [-0.3, -0.25) is 9.59 Å². The Bertz CT molecular complexity index is 764. The number of nitrogens with one attached hydrogen (secondary N) is 1. The lowest BCUT2D eigenvalue weighted by molar-refractivity contribution is -0.304. The molecule has 0 aliphatic carbocycles. The molecule has 1 amide bonds. The van der Waals surface area contributed by atoms with E-state index in [1.807, 2.05) is 13.8 Å². The summed E-state index contributed by atoms with van der Waals surface area (Å²) in [5, 5.41) is 2.74. The topological polar surface area (TPSA) is 64.6 Å². The second-order valence-corrected chi connectivity index (χ2v) is 8.40. The number of carbonyl (C=O) groups excluding carboxylic acids is 2. The molecule has 0 aromatic heterocycles. The monoisotopic (exact) mass is 401 g/mol. The number of amides is 1. The number of hydrogen-bond acceptors (Lipinski definition) is 4. The van der Waals surface area contributed by atoms with Crippen LogP contribution in [-0.2, 0) is 14.3 Å². The maximum Gasteiger partial charge on any atom is 0.249 e. The molecule has 156 valence electrons. The number of benzene rings is 1. The summed E-state index contributed by atoms with van der Waals surface area (Å²) in [6.07, 6.45) is -0.867. The third-order valence-corrected chi connectivity index (χ3v) is 4.61. The van der Waals surface area contributed by atoms with Crippen LogP contribution in [0.25, 0.3) is 0 Å². The van der Waals surface area contributed by atoms with Crippen LogP contribution in [0, 0.1) is 28.8 Å². The Morgan fingerprint density at radius 2 is 1.75 bits per heavy atom. The maximum absolute atomic E-state index is 13.7. The van der Waals surface area contributed by atoms with E-state index in [-0.39, 0.29) is 24.8 Å². The van der Waals surface area contributed by atoms with E-state index < -0.39 is 46.1 Å². The van der Waals surface area contributed by atoms with Gasteiger partial charge in [-0.15, -0.1) is 0 Å². The molecule has 1 saturated heterocycles. The van der Waals surface area contributed by atoms with Crippen LogP contribution in [0.5, 0.6) is 0 Å². The Kier molecular flexibility index (Phi) is 6.55. The number of ether oxygens (including phenoxy) is 2. The van der Waals surface area contributed by atoms with Crippen molar-refractivity contribution < 1.29 is 32.2 Å². The van der Waals surface area contributed by atoms with Gasteiger partial charge in [-0.2, -0.15) is 0 Å². The Morgan fingerprint density at radius 3 is 2.39 bits per heavy atom. The van der Waals surface area contributed by atoms with E-state index in [0.29, 0.717) is 18.7 Å². The summed E-state index contributed by atoms with van der Waals surface area (Å²) in [4.78, 5) is 24.8. The van der Waals surface area contributed by atoms with Gasteiger partial charge in [0.1, 0.15) is 11.9 Å². The molecule has 2 rings (SSSR count). The van der Waals surface area contributed by atoms with E-state index in [2.05, 4.69) is 5.32 Å². The van der Waals surface area contributed by atoms with E-state index in [0.717, 1.165) is 0 Å². The van der Waals surface area contributed by atoms with Crippen LogP contribution in [0.2, 0.25) is 0 Å². The van der Waals surface area contributed by atoms with Gasteiger partial charge in [-0.1, -0.05) is 20.8 Å². The van der Waals surface area contributed by atoms with Crippen LogP contribution in [0.4, 0.5) is 13.2 Å². The average molecular weight is 401 g/mol. The first-order chi connectivity index (χ1) is 12.8. The van der Waals surface area contributed by atoms with Crippen molar-refractivity contribution in [1.29, 1.82) is 0 Å². The Balaban J connectivity index is 1.94. The van der Waals surface area contributed by atoms with Gasteiger partial charge in [0, 0.05) is 24.4 Å². The highest BCUT2D eigenvalue weighted by Crippen LogP contribution is 2.34. The second-order valence-electron chi connectivity index (χ2n) is 8.40. The van der Waals surface area contributed by atoms with Crippen LogP contribution in [0.15, 0.2) is 12.1 Å². The third kappa shape index (κ3) is 5.32. The van der Waals surface area contributed by atoms with Gasteiger partial charge >= 0.3 is 0 Å². The molecule has 1 N–H and O–H groups in total. The number of ketones is 1. The van der Waals surface area contributed by atoms with Gasteiger partial charge in [0.2, 0.25) is 5.91 Å². The van der Waals surface area contributed by atoms with Gasteiger partial charge in [-0.05, 0) is 25.8 Å². The van der Waals surface area contributed by atoms with Crippen LogP contribution in [0.3, 0.4) is 0 Å². The molecule has 5 nitrogen and oxygen atoms in total. The third-order valence-electron chi connectivity index (χ3n) is 4.61. The van der Waals surface area contributed by atoms with Crippen LogP contribution in [0.1, 0.15) is 51.4 Å². The van der Waals surface area contributed by atoms with Crippen molar-refractivity contribution in [1.82, 2.24) is 5.32 Å². The summed E-state index contributed by atoms with van der Waals surface area (Å²) >= 11 is 0. The Hall–Kier alpha value is -1.93. The van der Waals surface area contributed by atoms with Gasteiger partial charge in [0.15, 0.2) is 23.2 Å². The van der Waals surface area contributed by atoms with E-state index >= 15 is 0 Å². The molecule has 0 bridgehead atoms. The summed E-state index contributed by atoms with van der Waals surface area (Å²) in [6.45, 7) is 9.33. The van der Waals surface area contributed by atoms with Crippen molar-refractivity contribution >= 4 is 11.7 Å². The molecule has 0 radical (unpaired) electrons. The number of Topliss-reactive ketones (excluding diaryl/α,β-unsaturated/α-hetero) is 1. The zero-order valence-electron chi connectivity index (χ0n) is 16.7. The van der Waals surface area contributed by atoms with Crippen molar-refractivity contribution in [3.05, 3.63) is 35.1 Å². The average Bonchev–Trinajstić information content (AvgIpc) is 2.58. The van der Waals surface area contributed by atoms with Crippen molar-refractivity contribution in [2.24, 2.45) is 11.3 Å². The highest BCUT2D eigenvalue weighted by atomic mass is 19.2. The molecule has 8 heteroatoms. The zero-order valence-corrected chi connectivity index (χ0v) is 16.7. The molecular formula is C20H26F3NO4. The molecular weight excluding hydrogens is 375 g/mol. The smallest absolute Gasteiger partial charge is 0.249 e. The van der Waals surface area contributed by atoms with Crippen LogP contribution < -0.4 is 5.32 Å². The summed E-state index contributed by atoms with van der Waals surface area (Å²) in [5.41, 5.74) is -1.04. The molecule has 0 spiro atoms. The lowest BCUT2D eigenvalue weighted by Crippen LogP contribution is -2.56. The number of hydrogen-bond donors (Lipinski definition) is 1. The Morgan fingerprint density at radius 1 is 1.14 bits per heavy atom. The van der Waals surface area contributed by atoms with E-state index in [1.165, 1.54) is 0 Å². The molecule has 28 heavy (non-hydrogen) atoms. The SMILES string of the molecule is C[C@@H](CNC(=O)[C@H]1OC(C)(C)OCC1(C)C)CC(=O)c1cc(F)c(F)cc1F. The fourth-order valence-corrected chi connectivity index (χ4v) is 2.92. The van der Waals surface area contributed by atoms with Crippen molar-refractivity contribution in [2.45, 2.75) is 52.9 Å². The number of halogens is 3. The first-order valence-electron chi connectivity index (χ1n) is 9.09. The first kappa shape index (κ1) is 22.4. The fraction of sp³-hybridized carbons (Fsp3) is 0.600. The molecule has 1 aromatic rings. The standard InChI is InChI=1S/C20H26F3NO4/c1-11(6-16(25)12-7-14(22)15(23)8-13(12)21)9-24-18(26)17-19(2,3)10-27-20(4,5)28-17/h7-8,11,17H,6,9-10H2,1-5H3,(H,24,26)/t11-,17-/m1/s1. The van der Waals surface area contributed by atoms with Crippen molar-refractivity contribution in [2.75, 3.05) is 13.2 Å². The van der Waals surface area contributed by atoms with Gasteiger partial charge in [0.05, 0.1) is 12.2 Å². The lowest BCUT2D eigenvalue weighted by Gasteiger charge is -2.44. The first-order valence-corrected chi connectivity index (χ1v) is 9.09. The van der Waals surface area contributed by atoms with Gasteiger partial charge in [-0.25, -0.2) is 13.2 Å². The predicted molar refractivity (Wildman–Crippen MR) is 96.1 cm³/mol. The maximum atomic E-state index is 13.7. The highest BCUT2D eigenvalue weighted by molar-refractivity contribution is 5.96. The minimum Gasteiger partial charge on any atom is -0.354 e. The summed E-state index contributed by atoms with van der Waals surface area (Å²) in [7, 11) is 0. The second kappa shape index (κ2) is 8.21. The Labute approximate surface area is 162 Å². The van der Waals surface area contributed by atoms with Crippen LogP contribution in [-0.4, -0.2) is 36.7 Å². The van der Waals surface area contributed by atoms with Crippen molar-refractivity contribution in [3.8, 4) is 0 Å². The minimum atomic E-state index is -1.35. The highest BCUT2D eigenvalue weighted by Gasteiger charge is 2.45. The lowest BCUT2D eigenvalue weighted by atomic mass is 9.85. The largest absolute Gasteiger partial charge is 0.354 e. The molecule has 0 saturated carbocycles. The van der Waals surface area contributed by atoms with Gasteiger partial charge < -0.3 is 14.8 Å². The summed E-state index contributed by atoms with van der Waals surface area (Å²) in [5.74, 6) is -5.98. The summed E-state index contributed by atoms with van der Waals surface area (Å²) < 4.78 is 51.3. The number of rotatable bonds is 6. The van der Waals surface area contributed by atoms with E-state index in [1.54, 1.807) is 20.8 Å². The van der Waals surface area contributed by atoms with E-state index in [9.17, 15) is 22.8 Å². The fourth-order valence-electron chi connectivity index (χ4n) is 2.92. The van der Waals surface area contributed by atoms with Gasteiger partial charge in [0.25, 0.3) is 0 Å². The molecule has 0 unspecified atom stereocenters. The number of carbonyl (C=O) groups is 2. The molecule has 1 aromatic carbocycles. The molecule has 2 atom stereocenters. The van der Waals surface area contributed by atoms with Crippen LogP contribution >= 0.6 is 0 Å². The predicted octanol–water partition coefficient (Wildman–Crippen LogP) is 3.61. The van der Waals surface area contributed by atoms with Crippen molar-refractivity contribution in [3.63, 3.8) is 0 Å². The molecule has 1 aliphatic rings.